The van der Waals surface area contributed by atoms with Crippen molar-refractivity contribution in [2.45, 2.75) is 18.6 Å². The molecule has 0 bridgehead atoms. The summed E-state index contributed by atoms with van der Waals surface area (Å²) in [6.07, 6.45) is -4.90. The zero-order chi connectivity index (χ0) is 13.9. The Bertz CT molecular complexity index is 423. The highest BCUT2D eigenvalue weighted by Gasteiger charge is 2.31. The molecule has 1 aliphatic heterocycles. The van der Waals surface area contributed by atoms with Crippen LogP contribution in [-0.2, 0) is 0 Å². The SMILES string of the molecule is FC(F)(F)CCN1CCNCC1c1ccccc1Cl. The molecule has 0 radical (unpaired) electrons. The summed E-state index contributed by atoms with van der Waals surface area (Å²) in [5.74, 6) is 0. The molecule has 2 rings (SSSR count). The topological polar surface area (TPSA) is 15.3 Å². The fourth-order valence-corrected chi connectivity index (χ4v) is 2.60. The fourth-order valence-electron chi connectivity index (χ4n) is 2.34. The average Bonchev–Trinajstić information content (AvgIpc) is 2.37. The number of hydrogen-bond acceptors (Lipinski definition) is 2. The third-order valence-electron chi connectivity index (χ3n) is 3.30. The molecule has 106 valence electrons. The van der Waals surface area contributed by atoms with Crippen LogP contribution in [0.3, 0.4) is 0 Å². The number of nitrogens with one attached hydrogen (secondary N) is 1. The van der Waals surface area contributed by atoms with Gasteiger partial charge in [0, 0.05) is 37.2 Å². The van der Waals surface area contributed by atoms with Gasteiger partial charge in [0.1, 0.15) is 0 Å². The quantitative estimate of drug-likeness (QED) is 0.920. The predicted molar refractivity (Wildman–Crippen MR) is 69.3 cm³/mol. The van der Waals surface area contributed by atoms with Crippen molar-refractivity contribution < 1.29 is 13.2 Å². The van der Waals surface area contributed by atoms with Gasteiger partial charge in [-0.25, -0.2) is 0 Å². The Kier molecular flexibility index (Phi) is 4.71. The van der Waals surface area contributed by atoms with Crippen molar-refractivity contribution in [2.75, 3.05) is 26.2 Å². The van der Waals surface area contributed by atoms with Crippen molar-refractivity contribution in [3.8, 4) is 0 Å². The molecule has 1 aliphatic rings. The minimum absolute atomic E-state index is 0.0150. The first kappa shape index (κ1) is 14.6. The smallest absolute Gasteiger partial charge is 0.314 e. The maximum absolute atomic E-state index is 12.4. The summed E-state index contributed by atoms with van der Waals surface area (Å²) in [6, 6.07) is 7.23. The van der Waals surface area contributed by atoms with Crippen molar-refractivity contribution in [3.05, 3.63) is 34.9 Å². The molecule has 0 saturated carbocycles. The lowest BCUT2D eigenvalue weighted by Crippen LogP contribution is -2.47. The Labute approximate surface area is 115 Å². The van der Waals surface area contributed by atoms with Gasteiger partial charge in [-0.05, 0) is 11.6 Å². The van der Waals surface area contributed by atoms with Gasteiger partial charge >= 0.3 is 6.18 Å². The van der Waals surface area contributed by atoms with Gasteiger partial charge in [0.05, 0.1) is 6.42 Å². The van der Waals surface area contributed by atoms with Crippen LogP contribution in [0.2, 0.25) is 5.02 Å². The summed E-state index contributed by atoms with van der Waals surface area (Å²) < 4.78 is 37.1. The fraction of sp³-hybridized carbons (Fsp3) is 0.538. The minimum atomic E-state index is -4.12. The molecule has 1 fully saturated rings. The van der Waals surface area contributed by atoms with Crippen LogP contribution in [0.25, 0.3) is 0 Å². The number of rotatable bonds is 3. The van der Waals surface area contributed by atoms with E-state index in [2.05, 4.69) is 5.32 Å². The Morgan fingerprint density at radius 1 is 1.32 bits per heavy atom. The van der Waals surface area contributed by atoms with E-state index in [-0.39, 0.29) is 12.6 Å². The zero-order valence-electron chi connectivity index (χ0n) is 10.4. The number of nitrogens with zero attached hydrogens (tertiary/aromatic N) is 1. The standard InChI is InChI=1S/C13H16ClF3N2/c14-11-4-2-1-3-10(11)12-9-18-6-8-19(12)7-5-13(15,16)17/h1-4,12,18H,5-9H2. The number of alkyl halides is 3. The third-order valence-corrected chi connectivity index (χ3v) is 3.65. The molecule has 0 spiro atoms. The molecule has 0 aliphatic carbocycles. The second kappa shape index (κ2) is 6.11. The average molecular weight is 293 g/mol. The zero-order valence-corrected chi connectivity index (χ0v) is 11.1. The molecule has 2 nitrogen and oxygen atoms in total. The van der Waals surface area contributed by atoms with Gasteiger partial charge in [0.25, 0.3) is 0 Å². The molecular formula is C13H16ClF3N2. The van der Waals surface area contributed by atoms with E-state index < -0.39 is 12.6 Å². The van der Waals surface area contributed by atoms with Crippen LogP contribution in [0.1, 0.15) is 18.0 Å². The van der Waals surface area contributed by atoms with Crippen LogP contribution < -0.4 is 5.32 Å². The van der Waals surface area contributed by atoms with Gasteiger partial charge in [-0.15, -0.1) is 0 Å². The van der Waals surface area contributed by atoms with E-state index in [0.29, 0.717) is 24.7 Å². The molecule has 1 aromatic rings. The molecule has 1 unspecified atom stereocenters. The van der Waals surface area contributed by atoms with Crippen LogP contribution in [0.4, 0.5) is 13.2 Å². The first-order valence-corrected chi connectivity index (χ1v) is 6.61. The van der Waals surface area contributed by atoms with Crippen molar-refractivity contribution in [2.24, 2.45) is 0 Å². The number of piperazine rings is 1. The monoisotopic (exact) mass is 292 g/mol. The van der Waals surface area contributed by atoms with Crippen molar-refractivity contribution in [1.29, 1.82) is 0 Å². The van der Waals surface area contributed by atoms with Crippen molar-refractivity contribution in [1.82, 2.24) is 10.2 Å². The van der Waals surface area contributed by atoms with Gasteiger partial charge in [0.15, 0.2) is 0 Å². The van der Waals surface area contributed by atoms with E-state index in [9.17, 15) is 13.2 Å². The lowest BCUT2D eigenvalue weighted by molar-refractivity contribution is -0.139. The summed E-state index contributed by atoms with van der Waals surface area (Å²) in [6.45, 7) is 1.95. The van der Waals surface area contributed by atoms with E-state index in [1.165, 1.54) is 0 Å². The van der Waals surface area contributed by atoms with Crippen LogP contribution >= 0.6 is 11.6 Å². The van der Waals surface area contributed by atoms with Crippen LogP contribution in [0.5, 0.6) is 0 Å². The molecular weight excluding hydrogens is 277 g/mol. The molecule has 19 heavy (non-hydrogen) atoms. The summed E-state index contributed by atoms with van der Waals surface area (Å²) in [4.78, 5) is 1.85. The van der Waals surface area contributed by atoms with E-state index in [1.54, 1.807) is 6.07 Å². The first-order chi connectivity index (χ1) is 8.97. The molecule has 0 amide bonds. The highest BCUT2D eigenvalue weighted by molar-refractivity contribution is 6.31. The van der Waals surface area contributed by atoms with Crippen molar-refractivity contribution >= 4 is 11.6 Å². The van der Waals surface area contributed by atoms with Crippen LogP contribution in [0, 0.1) is 0 Å². The van der Waals surface area contributed by atoms with Crippen LogP contribution in [-0.4, -0.2) is 37.3 Å². The Hall–Kier alpha value is -0.780. The maximum atomic E-state index is 12.4. The molecule has 1 saturated heterocycles. The largest absolute Gasteiger partial charge is 0.390 e. The number of halogens is 4. The lowest BCUT2D eigenvalue weighted by Gasteiger charge is -2.37. The van der Waals surface area contributed by atoms with Gasteiger partial charge in [-0.3, -0.25) is 4.90 Å². The minimum Gasteiger partial charge on any atom is -0.314 e. The highest BCUT2D eigenvalue weighted by Crippen LogP contribution is 2.30. The molecule has 1 atom stereocenters. The van der Waals surface area contributed by atoms with Gasteiger partial charge in [0.2, 0.25) is 0 Å². The lowest BCUT2D eigenvalue weighted by atomic mass is 10.0. The summed E-state index contributed by atoms with van der Waals surface area (Å²) in [5, 5.41) is 3.81. The third kappa shape index (κ3) is 4.09. The Balaban J connectivity index is 2.10. The maximum Gasteiger partial charge on any atom is 0.390 e. The highest BCUT2D eigenvalue weighted by atomic mass is 35.5. The molecule has 1 aromatic carbocycles. The second-order valence-corrected chi connectivity index (χ2v) is 5.05. The van der Waals surface area contributed by atoms with Gasteiger partial charge < -0.3 is 5.32 Å². The Morgan fingerprint density at radius 2 is 2.05 bits per heavy atom. The van der Waals surface area contributed by atoms with Gasteiger partial charge in [-0.1, -0.05) is 29.8 Å². The number of benzene rings is 1. The van der Waals surface area contributed by atoms with E-state index in [4.69, 9.17) is 11.6 Å². The van der Waals surface area contributed by atoms with Crippen LogP contribution in [0.15, 0.2) is 24.3 Å². The molecule has 0 aromatic heterocycles. The van der Waals surface area contributed by atoms with Gasteiger partial charge in [-0.2, -0.15) is 13.2 Å². The predicted octanol–water partition coefficient (Wildman–Crippen LogP) is 3.24. The van der Waals surface area contributed by atoms with E-state index in [0.717, 1.165) is 5.56 Å². The van der Waals surface area contributed by atoms with E-state index in [1.807, 2.05) is 23.1 Å². The first-order valence-electron chi connectivity index (χ1n) is 6.23. The molecule has 1 N–H and O–H groups in total. The normalized spacial score (nSPS) is 21.6. The number of hydrogen-bond donors (Lipinski definition) is 1. The Morgan fingerprint density at radius 3 is 2.74 bits per heavy atom. The summed E-state index contributed by atoms with van der Waals surface area (Å²) >= 11 is 6.14. The second-order valence-electron chi connectivity index (χ2n) is 4.64. The van der Waals surface area contributed by atoms with Crippen molar-refractivity contribution in [3.63, 3.8) is 0 Å². The molecule has 1 heterocycles. The molecule has 6 heteroatoms. The summed E-state index contributed by atoms with van der Waals surface area (Å²) in [7, 11) is 0. The van der Waals surface area contributed by atoms with E-state index >= 15 is 0 Å². The summed E-state index contributed by atoms with van der Waals surface area (Å²) in [5.41, 5.74) is 0.888.